The summed E-state index contributed by atoms with van der Waals surface area (Å²) in [5.41, 5.74) is 4.00. The molecule has 0 aliphatic carbocycles. The summed E-state index contributed by atoms with van der Waals surface area (Å²) < 4.78 is 31.9. The first kappa shape index (κ1) is 21.5. The Balaban J connectivity index is 1.70. The van der Waals surface area contributed by atoms with Gasteiger partial charge in [-0.3, -0.25) is 4.79 Å². The van der Waals surface area contributed by atoms with Crippen molar-refractivity contribution >= 4 is 32.9 Å². The number of ether oxygens (including phenoxy) is 1. The van der Waals surface area contributed by atoms with Gasteiger partial charge in [0.2, 0.25) is 10.0 Å². The number of rotatable bonds is 7. The first-order valence-corrected chi connectivity index (χ1v) is 10.7. The Bertz CT molecular complexity index is 1200. The molecule has 1 amide bonds. The highest BCUT2D eigenvalue weighted by atomic mass is 32.2. The molecule has 0 saturated carbocycles. The van der Waals surface area contributed by atoms with Gasteiger partial charge in [0.15, 0.2) is 0 Å². The quantitative estimate of drug-likeness (QED) is 0.466. The average Bonchev–Trinajstić information content (AvgIpc) is 2.73. The first-order chi connectivity index (χ1) is 14.3. The van der Waals surface area contributed by atoms with E-state index >= 15 is 0 Å². The Morgan fingerprint density at radius 3 is 2.63 bits per heavy atom. The number of hydrogen-bond acceptors (Lipinski definition) is 5. The Morgan fingerprint density at radius 1 is 1.13 bits per heavy atom. The third-order valence-corrected chi connectivity index (χ3v) is 6.41. The van der Waals surface area contributed by atoms with Crippen LogP contribution >= 0.6 is 0 Å². The number of likely N-dealkylation sites (N-methyl/N-ethyl adjacent to an activating group) is 1. The molecule has 156 valence electrons. The van der Waals surface area contributed by atoms with E-state index in [1.54, 1.807) is 19.1 Å². The fourth-order valence-electron chi connectivity index (χ4n) is 3.01. The smallest absolute Gasteiger partial charge is 0.255 e. The lowest BCUT2D eigenvalue weighted by Crippen LogP contribution is -2.36. The van der Waals surface area contributed by atoms with E-state index in [0.717, 1.165) is 26.2 Å². The second-order valence-corrected chi connectivity index (χ2v) is 8.79. The van der Waals surface area contributed by atoms with Crippen molar-refractivity contribution in [2.45, 2.75) is 11.8 Å². The zero-order valence-corrected chi connectivity index (χ0v) is 17.8. The third kappa shape index (κ3) is 4.67. The summed E-state index contributed by atoms with van der Waals surface area (Å²) in [7, 11) is -1.17. The van der Waals surface area contributed by atoms with Crippen LogP contribution in [0, 0.1) is 6.92 Å². The lowest BCUT2D eigenvalue weighted by atomic mass is 10.1. The first-order valence-electron chi connectivity index (χ1n) is 9.23. The molecule has 3 aromatic rings. The molecule has 0 aliphatic rings. The lowest BCUT2D eigenvalue weighted by molar-refractivity contribution is -0.121. The normalized spacial score (nSPS) is 11.9. The summed E-state index contributed by atoms with van der Waals surface area (Å²) in [4.78, 5) is 12.3. The minimum atomic E-state index is -3.91. The van der Waals surface area contributed by atoms with Crippen LogP contribution in [-0.4, -0.2) is 45.5 Å². The van der Waals surface area contributed by atoms with Crippen LogP contribution in [0.1, 0.15) is 11.1 Å². The number of carbonyl (C=O) groups excluding carboxylic acids is 1. The van der Waals surface area contributed by atoms with Crippen molar-refractivity contribution in [2.24, 2.45) is 5.10 Å². The topological polar surface area (TPSA) is 88.1 Å². The molecule has 0 unspecified atom stereocenters. The van der Waals surface area contributed by atoms with Crippen LogP contribution in [0.2, 0.25) is 0 Å². The Kier molecular flexibility index (Phi) is 6.49. The summed E-state index contributed by atoms with van der Waals surface area (Å²) in [6.45, 7) is 1.40. The Labute approximate surface area is 176 Å². The molecule has 0 heterocycles. The molecule has 0 fully saturated rings. The fourth-order valence-corrected chi connectivity index (χ4v) is 4.38. The Hall–Kier alpha value is -3.23. The maximum Gasteiger partial charge on any atom is 0.255 e. The summed E-state index contributed by atoms with van der Waals surface area (Å²) in [6.07, 6.45) is 1.54. The van der Waals surface area contributed by atoms with Crippen molar-refractivity contribution in [2.75, 3.05) is 20.7 Å². The van der Waals surface area contributed by atoms with E-state index < -0.39 is 15.9 Å². The minimum absolute atomic E-state index is 0.0135. The predicted molar refractivity (Wildman–Crippen MR) is 117 cm³/mol. The van der Waals surface area contributed by atoms with Crippen LogP contribution < -0.4 is 10.2 Å². The zero-order valence-electron chi connectivity index (χ0n) is 17.0. The number of amides is 1. The molecule has 8 heteroatoms. The van der Waals surface area contributed by atoms with E-state index in [1.165, 1.54) is 26.4 Å². The van der Waals surface area contributed by atoms with Crippen LogP contribution in [0.3, 0.4) is 0 Å². The molecule has 0 atom stereocenters. The number of hydrogen-bond donors (Lipinski definition) is 1. The standard InChI is InChI=1S/C22H23N3O4S/c1-16-11-12-20(29-3)21(13-16)30(27,28)25(2)15-22(26)24-23-14-18-9-6-8-17-7-4-5-10-19(17)18/h4-14H,15H2,1-3H3,(H,24,26)/b23-14+. The van der Waals surface area contributed by atoms with Crippen molar-refractivity contribution < 1.29 is 17.9 Å². The predicted octanol–water partition coefficient (Wildman–Crippen LogP) is 2.93. The minimum Gasteiger partial charge on any atom is -0.495 e. The SMILES string of the molecule is COc1ccc(C)cc1S(=O)(=O)N(C)CC(=O)N/N=C/c1cccc2ccccc12. The second kappa shape index (κ2) is 9.06. The number of methoxy groups -OCH3 is 1. The van der Waals surface area contributed by atoms with Crippen molar-refractivity contribution in [3.63, 3.8) is 0 Å². The summed E-state index contributed by atoms with van der Waals surface area (Å²) in [5.74, 6) is -0.328. The van der Waals surface area contributed by atoms with Gasteiger partial charge in [-0.05, 0) is 35.4 Å². The number of carbonyl (C=O) groups is 1. The average molecular weight is 426 g/mol. The van der Waals surface area contributed by atoms with E-state index in [-0.39, 0.29) is 17.2 Å². The number of benzene rings is 3. The van der Waals surface area contributed by atoms with Gasteiger partial charge in [-0.1, -0.05) is 48.5 Å². The molecule has 3 aromatic carbocycles. The number of nitrogens with zero attached hydrogens (tertiary/aromatic N) is 2. The van der Waals surface area contributed by atoms with Crippen molar-refractivity contribution in [1.29, 1.82) is 0 Å². The van der Waals surface area contributed by atoms with E-state index in [0.29, 0.717) is 0 Å². The molecule has 0 radical (unpaired) electrons. The molecular formula is C22H23N3O4S. The molecule has 3 rings (SSSR count). The number of sulfonamides is 1. The largest absolute Gasteiger partial charge is 0.495 e. The molecule has 0 bridgehead atoms. The molecule has 0 aromatic heterocycles. The maximum atomic E-state index is 12.9. The van der Waals surface area contributed by atoms with Gasteiger partial charge in [0.25, 0.3) is 5.91 Å². The lowest BCUT2D eigenvalue weighted by Gasteiger charge is -2.18. The molecule has 1 N–H and O–H groups in total. The van der Waals surface area contributed by atoms with Crippen molar-refractivity contribution in [3.05, 3.63) is 71.8 Å². The Morgan fingerprint density at radius 2 is 1.87 bits per heavy atom. The molecular weight excluding hydrogens is 402 g/mol. The van der Waals surface area contributed by atoms with Gasteiger partial charge < -0.3 is 4.74 Å². The van der Waals surface area contributed by atoms with Gasteiger partial charge in [-0.25, -0.2) is 13.8 Å². The number of hydrazone groups is 1. The van der Waals surface area contributed by atoms with E-state index in [9.17, 15) is 13.2 Å². The van der Waals surface area contributed by atoms with Gasteiger partial charge >= 0.3 is 0 Å². The maximum absolute atomic E-state index is 12.9. The zero-order chi connectivity index (χ0) is 21.7. The fraction of sp³-hybridized carbons (Fsp3) is 0.182. The van der Waals surface area contributed by atoms with Crippen LogP contribution in [0.5, 0.6) is 5.75 Å². The third-order valence-electron chi connectivity index (χ3n) is 4.59. The van der Waals surface area contributed by atoms with Crippen LogP contribution in [0.25, 0.3) is 10.8 Å². The highest BCUT2D eigenvalue weighted by Gasteiger charge is 2.26. The van der Waals surface area contributed by atoms with Crippen LogP contribution in [0.4, 0.5) is 0 Å². The summed E-state index contributed by atoms with van der Waals surface area (Å²) >= 11 is 0. The second-order valence-electron chi connectivity index (χ2n) is 6.78. The van der Waals surface area contributed by atoms with Crippen molar-refractivity contribution in [3.8, 4) is 5.75 Å². The molecule has 0 saturated heterocycles. The van der Waals surface area contributed by atoms with Crippen LogP contribution in [0.15, 0.2) is 70.7 Å². The van der Waals surface area contributed by atoms with Crippen LogP contribution in [-0.2, 0) is 14.8 Å². The molecule has 0 aliphatic heterocycles. The van der Waals surface area contributed by atoms with E-state index in [4.69, 9.17) is 4.74 Å². The molecule has 30 heavy (non-hydrogen) atoms. The number of fused-ring (bicyclic) bond motifs is 1. The highest BCUT2D eigenvalue weighted by Crippen LogP contribution is 2.27. The highest BCUT2D eigenvalue weighted by molar-refractivity contribution is 7.89. The van der Waals surface area contributed by atoms with Crippen molar-refractivity contribution in [1.82, 2.24) is 9.73 Å². The summed E-state index contributed by atoms with van der Waals surface area (Å²) in [6, 6.07) is 18.5. The molecule has 0 spiro atoms. The van der Waals surface area contributed by atoms with E-state index in [1.807, 2.05) is 42.5 Å². The summed E-state index contributed by atoms with van der Waals surface area (Å²) in [5, 5.41) is 6.04. The van der Waals surface area contributed by atoms with Gasteiger partial charge in [-0.2, -0.15) is 9.41 Å². The monoisotopic (exact) mass is 425 g/mol. The van der Waals surface area contributed by atoms with Gasteiger partial charge in [0, 0.05) is 12.6 Å². The number of nitrogens with one attached hydrogen (secondary N) is 1. The van der Waals surface area contributed by atoms with Gasteiger partial charge in [0.1, 0.15) is 10.6 Å². The molecule has 7 nitrogen and oxygen atoms in total. The van der Waals surface area contributed by atoms with Gasteiger partial charge in [-0.15, -0.1) is 0 Å². The van der Waals surface area contributed by atoms with Gasteiger partial charge in [0.05, 0.1) is 19.9 Å². The number of aryl methyl sites for hydroxylation is 1. The van der Waals surface area contributed by atoms with E-state index in [2.05, 4.69) is 10.5 Å².